The molecule has 0 radical (unpaired) electrons. The van der Waals surface area contributed by atoms with E-state index in [1.165, 1.54) is 6.42 Å². The molecule has 8 nitrogen and oxygen atoms in total. The predicted molar refractivity (Wildman–Crippen MR) is 148 cm³/mol. The molecule has 0 saturated carbocycles. The molecule has 0 aliphatic carbocycles. The molecule has 3 aliphatic heterocycles. The molecule has 0 amide bonds. The average molecular weight is 550 g/mol. The fourth-order valence-corrected chi connectivity index (χ4v) is 7.23. The molecule has 7 rings (SSSR count). The largest absolute Gasteiger partial charge is 0.389 e. The van der Waals surface area contributed by atoms with Gasteiger partial charge in [0.05, 0.1) is 35.4 Å². The Morgan fingerprint density at radius 1 is 1.13 bits per heavy atom. The van der Waals surface area contributed by atoms with Crippen LogP contribution in [-0.4, -0.2) is 52.1 Å². The third kappa shape index (κ3) is 3.77. The SMILES string of the molecule is CC.CN1CCCC12CCN(c1ncc3c4c(c(-c5ncc(F)c6sc(N)c(C#N)c56)c(F)c3n1)COC4)C2. The monoisotopic (exact) mass is 549 g/mol. The zero-order valence-electron chi connectivity index (χ0n) is 22.1. The molecular formula is C28H29F2N7OS. The summed E-state index contributed by atoms with van der Waals surface area (Å²) >= 11 is 0.960. The first-order valence-corrected chi connectivity index (χ1v) is 14.0. The summed E-state index contributed by atoms with van der Waals surface area (Å²) < 4.78 is 37.0. The first-order chi connectivity index (χ1) is 18.9. The molecule has 1 aromatic carbocycles. The van der Waals surface area contributed by atoms with Gasteiger partial charge >= 0.3 is 0 Å². The lowest BCUT2D eigenvalue weighted by Gasteiger charge is -2.31. The smallest absolute Gasteiger partial charge is 0.226 e. The number of hydrogen-bond acceptors (Lipinski definition) is 9. The highest BCUT2D eigenvalue weighted by molar-refractivity contribution is 7.23. The van der Waals surface area contributed by atoms with Crippen LogP contribution in [0.4, 0.5) is 19.7 Å². The summed E-state index contributed by atoms with van der Waals surface area (Å²) in [5, 5.41) is 10.7. The number of nitrogens with zero attached hydrogens (tertiary/aromatic N) is 6. The highest BCUT2D eigenvalue weighted by Crippen LogP contribution is 2.45. The Kier molecular flexibility index (Phi) is 6.37. The molecule has 0 bridgehead atoms. The molecule has 3 aromatic heterocycles. The molecule has 202 valence electrons. The minimum Gasteiger partial charge on any atom is -0.389 e. The number of aromatic nitrogens is 3. The van der Waals surface area contributed by atoms with Gasteiger partial charge in [-0.25, -0.2) is 18.7 Å². The maximum absolute atomic E-state index is 16.5. The topological polar surface area (TPSA) is 104 Å². The van der Waals surface area contributed by atoms with Crippen molar-refractivity contribution in [3.63, 3.8) is 0 Å². The number of thiophene rings is 1. The number of anilines is 2. The van der Waals surface area contributed by atoms with Crippen LogP contribution in [0.2, 0.25) is 0 Å². The van der Waals surface area contributed by atoms with Crippen LogP contribution < -0.4 is 10.6 Å². The lowest BCUT2D eigenvalue weighted by atomic mass is 9.94. The van der Waals surface area contributed by atoms with Gasteiger partial charge in [0.15, 0.2) is 11.6 Å². The second-order valence-electron chi connectivity index (χ2n) is 10.1. The van der Waals surface area contributed by atoms with Crippen molar-refractivity contribution in [3.05, 3.63) is 40.7 Å². The van der Waals surface area contributed by atoms with Crippen molar-refractivity contribution < 1.29 is 13.5 Å². The van der Waals surface area contributed by atoms with Gasteiger partial charge < -0.3 is 15.4 Å². The molecule has 6 heterocycles. The molecule has 4 aromatic rings. The fraction of sp³-hybridized carbons (Fsp3) is 0.429. The van der Waals surface area contributed by atoms with Gasteiger partial charge in [0.1, 0.15) is 16.6 Å². The number of nitrogen functional groups attached to an aromatic ring is 1. The maximum atomic E-state index is 16.5. The zero-order chi connectivity index (χ0) is 27.5. The van der Waals surface area contributed by atoms with Crippen molar-refractivity contribution in [3.8, 4) is 17.3 Å². The van der Waals surface area contributed by atoms with Gasteiger partial charge in [-0.3, -0.25) is 9.88 Å². The van der Waals surface area contributed by atoms with Gasteiger partial charge in [-0.1, -0.05) is 13.8 Å². The van der Waals surface area contributed by atoms with Crippen LogP contribution in [-0.2, 0) is 18.0 Å². The van der Waals surface area contributed by atoms with E-state index in [9.17, 15) is 9.65 Å². The molecule has 2 N–H and O–H groups in total. The number of hydrogen-bond donors (Lipinski definition) is 1. The van der Waals surface area contributed by atoms with Gasteiger partial charge in [0.25, 0.3) is 0 Å². The summed E-state index contributed by atoms with van der Waals surface area (Å²) in [6.07, 6.45) is 6.05. The molecule has 1 atom stereocenters. The van der Waals surface area contributed by atoms with Crippen LogP contribution in [0.3, 0.4) is 0 Å². The summed E-state index contributed by atoms with van der Waals surface area (Å²) in [7, 11) is 2.16. The van der Waals surface area contributed by atoms with Crippen LogP contribution in [0.1, 0.15) is 49.8 Å². The Hall–Kier alpha value is -3.46. The van der Waals surface area contributed by atoms with E-state index in [1.54, 1.807) is 6.20 Å². The number of nitrogens with two attached hydrogens (primary N) is 1. The molecule has 11 heteroatoms. The maximum Gasteiger partial charge on any atom is 0.226 e. The summed E-state index contributed by atoms with van der Waals surface area (Å²) in [5.74, 6) is -0.692. The number of likely N-dealkylation sites (N-methyl/N-ethyl adjacent to an activating group) is 1. The Labute approximate surface area is 229 Å². The van der Waals surface area contributed by atoms with Crippen LogP contribution in [0.15, 0.2) is 12.4 Å². The Balaban J connectivity index is 0.00000135. The minimum atomic E-state index is -0.601. The highest BCUT2D eigenvalue weighted by Gasteiger charge is 2.45. The van der Waals surface area contributed by atoms with E-state index in [2.05, 4.69) is 26.8 Å². The van der Waals surface area contributed by atoms with E-state index < -0.39 is 11.6 Å². The van der Waals surface area contributed by atoms with Crippen molar-refractivity contribution in [2.24, 2.45) is 0 Å². The minimum absolute atomic E-state index is 0.0978. The van der Waals surface area contributed by atoms with Crippen molar-refractivity contribution in [2.75, 3.05) is 37.3 Å². The predicted octanol–water partition coefficient (Wildman–Crippen LogP) is 5.37. The van der Waals surface area contributed by atoms with Crippen LogP contribution in [0.25, 0.3) is 32.2 Å². The van der Waals surface area contributed by atoms with Crippen molar-refractivity contribution >= 4 is 43.3 Å². The molecule has 3 aliphatic rings. The number of likely N-dealkylation sites (tertiary alicyclic amines) is 1. The summed E-state index contributed by atoms with van der Waals surface area (Å²) in [6, 6.07) is 2.04. The Bertz CT molecular complexity index is 1670. The quantitative estimate of drug-likeness (QED) is 0.356. The number of halogens is 2. The lowest BCUT2D eigenvalue weighted by molar-refractivity contribution is 0.135. The Morgan fingerprint density at radius 2 is 1.92 bits per heavy atom. The summed E-state index contributed by atoms with van der Waals surface area (Å²) in [6.45, 7) is 7.13. The Morgan fingerprint density at radius 3 is 2.67 bits per heavy atom. The normalized spacial score (nSPS) is 20.6. The van der Waals surface area contributed by atoms with Crippen molar-refractivity contribution in [1.29, 1.82) is 5.26 Å². The van der Waals surface area contributed by atoms with E-state index in [4.69, 9.17) is 15.5 Å². The third-order valence-electron chi connectivity index (χ3n) is 8.29. The van der Waals surface area contributed by atoms with E-state index >= 15 is 4.39 Å². The van der Waals surface area contributed by atoms with Crippen LogP contribution >= 0.6 is 11.3 Å². The first-order valence-electron chi connectivity index (χ1n) is 13.2. The van der Waals surface area contributed by atoms with E-state index in [1.807, 2.05) is 19.9 Å². The number of nitriles is 1. The van der Waals surface area contributed by atoms with Gasteiger partial charge in [0.2, 0.25) is 5.95 Å². The third-order valence-corrected chi connectivity index (χ3v) is 9.32. The average Bonchev–Trinajstić information content (AvgIpc) is 3.74. The van der Waals surface area contributed by atoms with Gasteiger partial charge in [-0.2, -0.15) is 5.26 Å². The number of fused-ring (bicyclic) bond motifs is 4. The van der Waals surface area contributed by atoms with Crippen molar-refractivity contribution in [1.82, 2.24) is 19.9 Å². The zero-order valence-corrected chi connectivity index (χ0v) is 23.0. The number of rotatable bonds is 2. The van der Waals surface area contributed by atoms with Gasteiger partial charge in [-0.05, 0) is 44.0 Å². The first kappa shape index (κ1) is 25.8. The van der Waals surface area contributed by atoms with Crippen LogP contribution in [0.5, 0.6) is 0 Å². The number of pyridine rings is 1. The highest BCUT2D eigenvalue weighted by atomic mass is 32.1. The molecule has 2 saturated heterocycles. The summed E-state index contributed by atoms with van der Waals surface area (Å²) in [4.78, 5) is 18.2. The molecule has 2 fully saturated rings. The number of benzene rings is 1. The van der Waals surface area contributed by atoms with E-state index in [-0.39, 0.29) is 56.2 Å². The second-order valence-corrected chi connectivity index (χ2v) is 11.2. The molecule has 1 spiro atoms. The van der Waals surface area contributed by atoms with E-state index in [0.29, 0.717) is 16.9 Å². The van der Waals surface area contributed by atoms with E-state index in [0.717, 1.165) is 55.6 Å². The van der Waals surface area contributed by atoms with Gasteiger partial charge in [0, 0.05) is 41.2 Å². The molecular weight excluding hydrogens is 520 g/mol. The second kappa shape index (κ2) is 9.62. The van der Waals surface area contributed by atoms with Gasteiger partial charge in [-0.15, -0.1) is 11.3 Å². The number of ether oxygens (including phenoxy) is 1. The summed E-state index contributed by atoms with van der Waals surface area (Å²) in [5.41, 5.74) is 8.16. The standard InChI is InChI=1S/C26H23F2N7OS.C2H6/c1-34-5-2-3-26(34)4-6-35(12-26)25-32-8-14-15-10-36-11-16(15)18(20(28)21(14)33-25)22-19-13(7-29)24(30)37-23(19)17(27)9-31-22;1-2/h8-9H,2-6,10-12,30H2,1H3;1-2H3. The lowest BCUT2D eigenvalue weighted by Crippen LogP contribution is -2.43. The fourth-order valence-electron chi connectivity index (χ4n) is 6.31. The molecule has 39 heavy (non-hydrogen) atoms. The van der Waals surface area contributed by atoms with Crippen LogP contribution in [0, 0.1) is 23.0 Å². The molecule has 1 unspecified atom stereocenters. The van der Waals surface area contributed by atoms with Crippen molar-refractivity contribution in [2.45, 2.75) is 51.9 Å².